The topological polar surface area (TPSA) is 22.1 Å². The van der Waals surface area contributed by atoms with E-state index in [1.807, 2.05) is 6.92 Å². The second-order valence-corrected chi connectivity index (χ2v) is 3.17. The van der Waals surface area contributed by atoms with Crippen molar-refractivity contribution in [2.45, 2.75) is 11.1 Å². The van der Waals surface area contributed by atoms with Gasteiger partial charge in [-0.25, -0.2) is 4.98 Å². The second-order valence-electron chi connectivity index (χ2n) is 1.40. The van der Waals surface area contributed by atoms with E-state index in [-0.39, 0.29) is 0 Å². The molecule has 4 heteroatoms. The molecule has 0 unspecified atom stereocenters. The molecule has 0 spiro atoms. The van der Waals surface area contributed by atoms with E-state index in [1.165, 1.54) is 11.3 Å². The highest BCUT2D eigenvalue weighted by Crippen LogP contribution is 2.22. The number of thiol groups is 1. The number of rotatable bonds is 2. The second kappa shape index (κ2) is 3.08. The maximum absolute atomic E-state index is 5.09. The van der Waals surface area contributed by atoms with Crippen LogP contribution in [0.3, 0.4) is 0 Å². The van der Waals surface area contributed by atoms with Gasteiger partial charge in [-0.15, -0.1) is 12.6 Å². The summed E-state index contributed by atoms with van der Waals surface area (Å²) in [4.78, 5) is 3.93. The van der Waals surface area contributed by atoms with E-state index in [9.17, 15) is 0 Å². The fourth-order valence-electron chi connectivity index (χ4n) is 0.440. The molecule has 1 aromatic rings. The van der Waals surface area contributed by atoms with Crippen LogP contribution >= 0.6 is 24.0 Å². The van der Waals surface area contributed by atoms with Crippen molar-refractivity contribution in [3.8, 4) is 5.19 Å². The third-order valence-corrected chi connectivity index (χ3v) is 1.84. The van der Waals surface area contributed by atoms with Crippen LogP contribution in [0.2, 0.25) is 0 Å². The Morgan fingerprint density at radius 1 is 1.89 bits per heavy atom. The Morgan fingerprint density at radius 3 is 3.11 bits per heavy atom. The van der Waals surface area contributed by atoms with Crippen molar-refractivity contribution >= 4 is 24.0 Å². The predicted molar refractivity (Wildman–Crippen MR) is 40.5 cm³/mol. The molecule has 0 fully saturated rings. The Morgan fingerprint density at radius 2 is 2.67 bits per heavy atom. The van der Waals surface area contributed by atoms with E-state index < -0.39 is 0 Å². The number of hydrogen-bond acceptors (Lipinski definition) is 4. The number of nitrogens with zero attached hydrogens (tertiary/aromatic N) is 1. The van der Waals surface area contributed by atoms with E-state index in [1.54, 1.807) is 6.20 Å². The molecule has 2 nitrogen and oxygen atoms in total. The lowest BCUT2D eigenvalue weighted by atomic mass is 10.9. The van der Waals surface area contributed by atoms with Gasteiger partial charge in [0.25, 0.3) is 5.19 Å². The van der Waals surface area contributed by atoms with Crippen LogP contribution < -0.4 is 4.74 Å². The zero-order valence-corrected chi connectivity index (χ0v) is 6.71. The van der Waals surface area contributed by atoms with E-state index in [4.69, 9.17) is 4.74 Å². The smallest absolute Gasteiger partial charge is 0.274 e. The zero-order chi connectivity index (χ0) is 6.69. The Hall–Kier alpha value is -0.220. The van der Waals surface area contributed by atoms with Crippen molar-refractivity contribution in [2.75, 3.05) is 6.61 Å². The van der Waals surface area contributed by atoms with E-state index in [0.29, 0.717) is 11.8 Å². The summed E-state index contributed by atoms with van der Waals surface area (Å²) in [6.07, 6.45) is 1.68. The van der Waals surface area contributed by atoms with Gasteiger partial charge in [-0.2, -0.15) is 0 Å². The van der Waals surface area contributed by atoms with Gasteiger partial charge in [0.1, 0.15) is 0 Å². The molecule has 0 N–H and O–H groups in total. The van der Waals surface area contributed by atoms with Gasteiger partial charge in [-0.3, -0.25) is 0 Å². The normalized spacial score (nSPS) is 9.56. The van der Waals surface area contributed by atoms with Gasteiger partial charge in [0.05, 0.1) is 17.0 Å². The summed E-state index contributed by atoms with van der Waals surface area (Å²) >= 11 is 5.52. The highest BCUT2D eigenvalue weighted by Gasteiger charge is 1.95. The Bertz CT molecular complexity index is 187. The molecule has 1 aromatic heterocycles. The molecule has 0 saturated heterocycles. The lowest BCUT2D eigenvalue weighted by molar-refractivity contribution is 0.338. The number of ether oxygens (including phenoxy) is 1. The Kier molecular flexibility index (Phi) is 2.36. The molecule has 0 aliphatic carbocycles. The summed E-state index contributed by atoms with van der Waals surface area (Å²) in [5, 5.41) is 0.697. The first-order valence-electron chi connectivity index (χ1n) is 2.60. The monoisotopic (exact) mass is 161 g/mol. The van der Waals surface area contributed by atoms with Crippen molar-refractivity contribution in [2.24, 2.45) is 0 Å². The van der Waals surface area contributed by atoms with Gasteiger partial charge >= 0.3 is 0 Å². The third kappa shape index (κ3) is 1.87. The van der Waals surface area contributed by atoms with Crippen molar-refractivity contribution < 1.29 is 4.74 Å². The molecule has 0 aromatic carbocycles. The first kappa shape index (κ1) is 6.89. The number of hydrogen-bond donors (Lipinski definition) is 1. The molecule has 9 heavy (non-hydrogen) atoms. The van der Waals surface area contributed by atoms with Crippen LogP contribution in [0.5, 0.6) is 5.19 Å². The molecule has 0 saturated carbocycles. The molecule has 1 rings (SSSR count). The molecular weight excluding hydrogens is 154 g/mol. The van der Waals surface area contributed by atoms with Gasteiger partial charge in [0, 0.05) is 0 Å². The first-order chi connectivity index (χ1) is 4.33. The van der Waals surface area contributed by atoms with Crippen molar-refractivity contribution in [3.63, 3.8) is 0 Å². The molecule has 1 heterocycles. The minimum Gasteiger partial charge on any atom is -0.470 e. The average Bonchev–Trinajstić information content (AvgIpc) is 2.17. The van der Waals surface area contributed by atoms with E-state index in [0.717, 1.165) is 4.21 Å². The van der Waals surface area contributed by atoms with Gasteiger partial charge < -0.3 is 4.74 Å². The quantitative estimate of drug-likeness (QED) is 0.668. The van der Waals surface area contributed by atoms with Crippen LogP contribution in [0.15, 0.2) is 10.4 Å². The van der Waals surface area contributed by atoms with Crippen molar-refractivity contribution in [1.29, 1.82) is 0 Å². The highest BCUT2D eigenvalue weighted by molar-refractivity contribution is 7.82. The number of aromatic nitrogens is 1. The van der Waals surface area contributed by atoms with Crippen LogP contribution in [0, 0.1) is 0 Å². The fourth-order valence-corrected chi connectivity index (χ4v) is 1.30. The SMILES string of the molecule is CCOc1ncc(S)s1. The Labute approximate surface area is 63.3 Å². The summed E-state index contributed by atoms with van der Waals surface area (Å²) in [6.45, 7) is 2.60. The van der Waals surface area contributed by atoms with Gasteiger partial charge in [-0.05, 0) is 6.92 Å². The van der Waals surface area contributed by atoms with Crippen LogP contribution in [0.1, 0.15) is 6.92 Å². The van der Waals surface area contributed by atoms with Crippen LogP contribution in [0.4, 0.5) is 0 Å². The molecule has 50 valence electrons. The minimum absolute atomic E-state index is 0.667. The van der Waals surface area contributed by atoms with Crippen LogP contribution in [-0.4, -0.2) is 11.6 Å². The fraction of sp³-hybridized carbons (Fsp3) is 0.400. The standard InChI is InChI=1S/C5H7NOS2/c1-2-7-5-6-3-4(8)9-5/h3,8H,2H2,1H3. The molecule has 0 bridgehead atoms. The summed E-state index contributed by atoms with van der Waals surface area (Å²) < 4.78 is 5.97. The van der Waals surface area contributed by atoms with Crippen molar-refractivity contribution in [3.05, 3.63) is 6.20 Å². The third-order valence-electron chi connectivity index (χ3n) is 0.740. The van der Waals surface area contributed by atoms with Gasteiger partial charge in [0.15, 0.2) is 0 Å². The molecule has 0 amide bonds. The molecule has 0 radical (unpaired) electrons. The molecular formula is C5H7NOS2. The van der Waals surface area contributed by atoms with E-state index in [2.05, 4.69) is 17.6 Å². The summed E-state index contributed by atoms with van der Waals surface area (Å²) in [7, 11) is 0. The highest BCUT2D eigenvalue weighted by atomic mass is 32.2. The summed E-state index contributed by atoms with van der Waals surface area (Å²) in [5.41, 5.74) is 0. The Balaban J connectivity index is 2.61. The number of thiazole rings is 1. The van der Waals surface area contributed by atoms with Gasteiger partial charge in [-0.1, -0.05) is 11.3 Å². The zero-order valence-electron chi connectivity index (χ0n) is 5.00. The largest absolute Gasteiger partial charge is 0.470 e. The predicted octanol–water partition coefficient (Wildman–Crippen LogP) is 1.83. The molecule has 0 aliphatic heterocycles. The van der Waals surface area contributed by atoms with Crippen LogP contribution in [0.25, 0.3) is 0 Å². The van der Waals surface area contributed by atoms with E-state index >= 15 is 0 Å². The molecule has 0 atom stereocenters. The lowest BCUT2D eigenvalue weighted by Crippen LogP contribution is -1.88. The summed E-state index contributed by atoms with van der Waals surface area (Å²) in [5.74, 6) is 0. The maximum atomic E-state index is 5.09. The summed E-state index contributed by atoms with van der Waals surface area (Å²) in [6, 6.07) is 0. The lowest BCUT2D eigenvalue weighted by Gasteiger charge is -1.92. The van der Waals surface area contributed by atoms with Crippen molar-refractivity contribution in [1.82, 2.24) is 4.98 Å². The van der Waals surface area contributed by atoms with Crippen LogP contribution in [-0.2, 0) is 0 Å². The first-order valence-corrected chi connectivity index (χ1v) is 3.87. The van der Waals surface area contributed by atoms with Gasteiger partial charge in [0.2, 0.25) is 0 Å². The minimum atomic E-state index is 0.667. The molecule has 0 aliphatic rings. The maximum Gasteiger partial charge on any atom is 0.274 e. The average molecular weight is 161 g/mol.